The molecule has 4 N–H and O–H groups in total. The van der Waals surface area contributed by atoms with Gasteiger partial charge in [0.25, 0.3) is 0 Å². The van der Waals surface area contributed by atoms with Gasteiger partial charge in [0, 0.05) is 25.2 Å². The summed E-state index contributed by atoms with van der Waals surface area (Å²) >= 11 is 0. The van der Waals surface area contributed by atoms with Gasteiger partial charge >= 0.3 is 19.8 Å². The van der Waals surface area contributed by atoms with Gasteiger partial charge in [0.05, 0.1) is 18.8 Å². The molecule has 1 aliphatic rings. The van der Waals surface area contributed by atoms with Gasteiger partial charge in [0.2, 0.25) is 0 Å². The number of ether oxygens (including phenoxy) is 2. The molecule has 0 aromatic carbocycles. The third-order valence-electron chi connectivity index (χ3n) is 9.23. The van der Waals surface area contributed by atoms with Crippen LogP contribution in [0.1, 0.15) is 149 Å². The van der Waals surface area contributed by atoms with E-state index in [4.69, 9.17) is 19.3 Å². The second-order valence-corrected chi connectivity index (χ2v) is 15.3. The second-order valence-electron chi connectivity index (χ2n) is 14.0. The summed E-state index contributed by atoms with van der Waals surface area (Å²) in [6, 6.07) is 0. The largest absolute Gasteiger partial charge is 0.469 e. The van der Waals surface area contributed by atoms with E-state index in [-0.39, 0.29) is 37.6 Å². The van der Waals surface area contributed by atoms with Crippen molar-refractivity contribution in [1.29, 1.82) is 0 Å². The average Bonchev–Trinajstić information content (AvgIpc) is 3.38. The lowest BCUT2D eigenvalue weighted by atomic mass is 9.88. The number of phosphoric acid groups is 1. The SMILES string of the molecule is CCCCC/C=C\C/C=C\C/C=C\CCCCC(=O)OC[C@H](COP(=O)(O)O)OC(=O)CCCCCC[C@H]1[C@@H](O)CC(=O)[C@@H]1/C=C/[C@@H](O)CCCCC. The fraction of sp³-hybridized carbons (Fsp3) is 0.732. The number of aliphatic hydroxyl groups is 2. The van der Waals surface area contributed by atoms with Crippen molar-refractivity contribution in [3.63, 3.8) is 0 Å². The first-order valence-corrected chi connectivity index (χ1v) is 21.6. The normalized spacial score (nSPS) is 19.3. The van der Waals surface area contributed by atoms with Crippen LogP contribution >= 0.6 is 7.82 Å². The number of phosphoric ester groups is 1. The number of allylic oxidation sites excluding steroid dienone is 7. The molecule has 0 heterocycles. The molecule has 0 aliphatic heterocycles. The molecule has 0 aromatic rings. The summed E-state index contributed by atoms with van der Waals surface area (Å²) in [5.74, 6) is -1.70. The standard InChI is InChI=1S/C41H69O11P/c1-3-5-7-8-9-10-11-12-13-14-15-16-17-18-23-27-40(45)50-32-35(33-51-53(47,48)49)52-41(46)28-24-20-19-22-26-36-37(39(44)31-38(36)43)30-29-34(42)25-21-6-4-2/h9-10,12-13,15-16,29-30,34-38,42-43H,3-8,11,14,17-28,31-33H2,1-2H3,(H2,47,48,49)/b10-9-,13-12-,16-15-,30-29+/t34-,35+,36+,37+,38-/m0/s1. The molecule has 1 fully saturated rings. The summed E-state index contributed by atoms with van der Waals surface area (Å²) < 4.78 is 26.3. The van der Waals surface area contributed by atoms with Gasteiger partial charge in [0.1, 0.15) is 12.4 Å². The van der Waals surface area contributed by atoms with Crippen LogP contribution in [0.5, 0.6) is 0 Å². The van der Waals surface area contributed by atoms with Crippen LogP contribution in [-0.4, -0.2) is 69.2 Å². The van der Waals surface area contributed by atoms with Crippen LogP contribution in [0.4, 0.5) is 0 Å². The third-order valence-corrected chi connectivity index (χ3v) is 9.71. The molecule has 304 valence electrons. The topological polar surface area (TPSA) is 177 Å². The molecule has 1 rings (SSSR count). The van der Waals surface area contributed by atoms with Crippen molar-refractivity contribution in [2.75, 3.05) is 13.2 Å². The summed E-state index contributed by atoms with van der Waals surface area (Å²) in [5, 5.41) is 20.7. The molecular weight excluding hydrogens is 699 g/mol. The van der Waals surface area contributed by atoms with E-state index < -0.39 is 50.6 Å². The van der Waals surface area contributed by atoms with E-state index in [9.17, 15) is 29.2 Å². The molecule has 53 heavy (non-hydrogen) atoms. The Morgan fingerprint density at radius 2 is 1.38 bits per heavy atom. The highest BCUT2D eigenvalue weighted by molar-refractivity contribution is 7.46. The second kappa shape index (κ2) is 30.9. The minimum absolute atomic E-state index is 0.0100. The van der Waals surface area contributed by atoms with E-state index in [0.717, 1.165) is 64.2 Å². The molecule has 0 spiro atoms. The fourth-order valence-electron chi connectivity index (χ4n) is 6.16. The maximum Gasteiger partial charge on any atom is 0.469 e. The number of carbonyl (C=O) groups is 3. The Balaban J connectivity index is 2.32. The summed E-state index contributed by atoms with van der Waals surface area (Å²) in [7, 11) is -4.83. The molecule has 1 saturated carbocycles. The number of Topliss-reactive ketones (excluding diaryl/α,β-unsaturated/α-hetero) is 1. The first-order valence-electron chi connectivity index (χ1n) is 20.0. The van der Waals surface area contributed by atoms with Gasteiger partial charge in [-0.1, -0.05) is 114 Å². The van der Waals surface area contributed by atoms with Crippen LogP contribution in [0, 0.1) is 11.8 Å². The molecule has 0 radical (unpaired) electrons. The highest BCUT2D eigenvalue weighted by atomic mass is 31.2. The number of aliphatic hydroxyl groups excluding tert-OH is 2. The molecule has 11 nitrogen and oxygen atoms in total. The molecule has 12 heteroatoms. The summed E-state index contributed by atoms with van der Waals surface area (Å²) in [6.07, 6.45) is 30.3. The van der Waals surface area contributed by atoms with E-state index in [1.165, 1.54) is 19.3 Å². The van der Waals surface area contributed by atoms with E-state index >= 15 is 0 Å². The summed E-state index contributed by atoms with van der Waals surface area (Å²) in [5.41, 5.74) is 0. The smallest absolute Gasteiger partial charge is 0.462 e. The van der Waals surface area contributed by atoms with E-state index in [1.807, 2.05) is 0 Å². The zero-order chi connectivity index (χ0) is 39.2. The first-order chi connectivity index (χ1) is 25.5. The van der Waals surface area contributed by atoms with Crippen molar-refractivity contribution < 1.29 is 52.9 Å². The maximum atomic E-state index is 12.5. The molecule has 0 saturated heterocycles. The number of rotatable bonds is 32. The monoisotopic (exact) mass is 768 g/mol. The Morgan fingerprint density at radius 1 is 0.792 bits per heavy atom. The lowest BCUT2D eigenvalue weighted by Gasteiger charge is -2.19. The molecule has 0 unspecified atom stereocenters. The number of unbranched alkanes of at least 4 members (excludes halogenated alkanes) is 10. The quantitative estimate of drug-likeness (QED) is 0.0223. The van der Waals surface area contributed by atoms with Crippen LogP contribution < -0.4 is 0 Å². The Hall–Kier alpha value is -2.40. The zero-order valence-corrected chi connectivity index (χ0v) is 33.3. The Morgan fingerprint density at radius 3 is 2.04 bits per heavy atom. The Labute approximate surface area is 318 Å². The maximum absolute atomic E-state index is 12.5. The predicted molar refractivity (Wildman–Crippen MR) is 208 cm³/mol. The van der Waals surface area contributed by atoms with Crippen LogP contribution in [0.3, 0.4) is 0 Å². The van der Waals surface area contributed by atoms with E-state index in [0.29, 0.717) is 32.1 Å². The lowest BCUT2D eigenvalue weighted by molar-refractivity contribution is -0.161. The van der Waals surface area contributed by atoms with Crippen LogP contribution in [0.15, 0.2) is 48.6 Å². The fourth-order valence-corrected chi connectivity index (χ4v) is 6.53. The highest BCUT2D eigenvalue weighted by Crippen LogP contribution is 2.36. The molecular formula is C41H69O11P. The minimum atomic E-state index is -4.83. The predicted octanol–water partition coefficient (Wildman–Crippen LogP) is 8.54. The number of carbonyl (C=O) groups excluding carboxylic acids is 3. The first kappa shape index (κ1) is 48.6. The highest BCUT2D eigenvalue weighted by Gasteiger charge is 2.39. The molecule has 0 amide bonds. The third kappa shape index (κ3) is 26.9. The van der Waals surface area contributed by atoms with Crippen molar-refractivity contribution >= 4 is 25.5 Å². The van der Waals surface area contributed by atoms with Crippen molar-refractivity contribution in [2.45, 2.75) is 167 Å². The molecule has 0 aromatic heterocycles. The molecule has 1 aliphatic carbocycles. The van der Waals surface area contributed by atoms with Crippen LogP contribution in [0.2, 0.25) is 0 Å². The number of hydrogen-bond acceptors (Lipinski definition) is 9. The van der Waals surface area contributed by atoms with Crippen molar-refractivity contribution in [2.24, 2.45) is 11.8 Å². The zero-order valence-electron chi connectivity index (χ0n) is 32.4. The molecule has 5 atom stereocenters. The van der Waals surface area contributed by atoms with Crippen LogP contribution in [0.25, 0.3) is 0 Å². The average molecular weight is 769 g/mol. The van der Waals surface area contributed by atoms with Gasteiger partial charge in [-0.2, -0.15) is 0 Å². The summed E-state index contributed by atoms with van der Waals surface area (Å²) in [4.78, 5) is 55.5. The van der Waals surface area contributed by atoms with Gasteiger partial charge in [-0.15, -0.1) is 0 Å². The van der Waals surface area contributed by atoms with Crippen molar-refractivity contribution in [3.8, 4) is 0 Å². The van der Waals surface area contributed by atoms with Crippen molar-refractivity contribution in [1.82, 2.24) is 0 Å². The summed E-state index contributed by atoms with van der Waals surface area (Å²) in [6.45, 7) is 3.31. The number of ketones is 1. The lowest BCUT2D eigenvalue weighted by Crippen LogP contribution is -2.29. The van der Waals surface area contributed by atoms with E-state index in [2.05, 4.69) is 54.8 Å². The van der Waals surface area contributed by atoms with Gasteiger partial charge in [0.15, 0.2) is 6.10 Å². The Kier molecular flexibility index (Phi) is 28.3. The van der Waals surface area contributed by atoms with Crippen LogP contribution in [-0.2, 0) is 32.9 Å². The van der Waals surface area contributed by atoms with Crippen molar-refractivity contribution in [3.05, 3.63) is 48.6 Å². The van der Waals surface area contributed by atoms with Gasteiger partial charge in [-0.25, -0.2) is 4.57 Å². The number of hydrogen-bond donors (Lipinski definition) is 4. The van der Waals surface area contributed by atoms with Gasteiger partial charge < -0.3 is 29.5 Å². The van der Waals surface area contributed by atoms with E-state index in [1.54, 1.807) is 12.2 Å². The minimum Gasteiger partial charge on any atom is -0.462 e. The Bertz CT molecular complexity index is 1160. The number of esters is 2. The van der Waals surface area contributed by atoms with Gasteiger partial charge in [-0.3, -0.25) is 18.9 Å². The molecule has 0 bridgehead atoms. The van der Waals surface area contributed by atoms with Gasteiger partial charge in [-0.05, 0) is 70.1 Å².